The fourth-order valence-corrected chi connectivity index (χ4v) is 9.05. The van der Waals surface area contributed by atoms with E-state index in [4.69, 9.17) is 9.16 Å². The zero-order valence-corrected chi connectivity index (χ0v) is 26.6. The summed E-state index contributed by atoms with van der Waals surface area (Å²) in [4.78, 5) is 0. The van der Waals surface area contributed by atoms with Gasteiger partial charge in [0, 0.05) is 6.42 Å². The highest BCUT2D eigenvalue weighted by Crippen LogP contribution is 2.64. The van der Waals surface area contributed by atoms with E-state index in [1.165, 1.54) is 45.9 Å². The minimum absolute atomic E-state index is 0.0122. The Morgan fingerprint density at radius 2 is 1.10 bits per heavy atom. The second-order valence-corrected chi connectivity index (χ2v) is 16.4. The molecule has 0 saturated heterocycles. The summed E-state index contributed by atoms with van der Waals surface area (Å²) in [7, 11) is -3.03. The van der Waals surface area contributed by atoms with Crippen LogP contribution < -0.4 is 9.16 Å². The quantitative estimate of drug-likeness (QED) is 0.0978. The number of ether oxygens (including phenoxy) is 1. The monoisotopic (exact) mass is 754 g/mol. The molecule has 0 heterocycles. The van der Waals surface area contributed by atoms with Crippen LogP contribution in [0.1, 0.15) is 52.2 Å². The Labute approximate surface area is 264 Å². The number of aliphatic hydroxyl groups excluding tert-OH is 1. The molecule has 3 nitrogen and oxygen atoms in total. The molecule has 1 aromatic rings. The first-order valence-electron chi connectivity index (χ1n) is 13.6. The third-order valence-corrected chi connectivity index (χ3v) is 13.4. The van der Waals surface area contributed by atoms with Crippen molar-refractivity contribution in [3.63, 3.8) is 0 Å². The van der Waals surface area contributed by atoms with Crippen LogP contribution in [-0.4, -0.2) is 68.2 Å². The van der Waals surface area contributed by atoms with Crippen molar-refractivity contribution in [3.05, 3.63) is 36.4 Å². The van der Waals surface area contributed by atoms with E-state index in [1.54, 1.807) is 0 Å². The van der Waals surface area contributed by atoms with Crippen molar-refractivity contribution in [2.45, 2.75) is 111 Å². The van der Waals surface area contributed by atoms with Gasteiger partial charge >= 0.3 is 47.6 Å². The van der Waals surface area contributed by atoms with Gasteiger partial charge in [-0.3, -0.25) is 0 Å². The fourth-order valence-electron chi connectivity index (χ4n) is 4.72. The first-order valence-corrected chi connectivity index (χ1v) is 15.9. The van der Waals surface area contributed by atoms with Crippen molar-refractivity contribution in [2.75, 3.05) is 7.11 Å². The third kappa shape index (κ3) is 6.94. The average Bonchev–Trinajstić information content (AvgIpc) is 2.93. The maximum absolute atomic E-state index is 14.9. The normalized spacial score (nSPS) is 15.6. The molecule has 280 valence electrons. The molecule has 0 saturated carbocycles. The Hall–Kier alpha value is -2.45. The predicted molar refractivity (Wildman–Crippen MR) is 139 cm³/mol. The summed E-state index contributed by atoms with van der Waals surface area (Å²) in [5.41, 5.74) is -1.72. The van der Waals surface area contributed by atoms with Crippen molar-refractivity contribution in [1.29, 1.82) is 0 Å². The molecular weight excluding hydrogens is 723 g/mol. The van der Waals surface area contributed by atoms with Crippen LogP contribution in [0, 0.1) is 0 Å². The van der Waals surface area contributed by atoms with E-state index in [1.807, 2.05) is 0 Å². The smallest absolute Gasteiger partial charge is 0.460 e. The molecular formula is C27H31F17O3Si. The zero-order chi connectivity index (χ0) is 38.3. The van der Waals surface area contributed by atoms with Crippen LogP contribution in [0.2, 0.25) is 17.1 Å². The molecule has 0 aliphatic rings. The molecule has 1 rings (SSSR count). The molecule has 1 atom stereocenters. The van der Waals surface area contributed by atoms with Gasteiger partial charge in [-0.25, -0.2) is 0 Å². The molecule has 0 aliphatic heterocycles. The number of hydrogen-bond donors (Lipinski definition) is 1. The van der Waals surface area contributed by atoms with Crippen molar-refractivity contribution in [1.82, 2.24) is 0 Å². The summed E-state index contributed by atoms with van der Waals surface area (Å²) < 4.78 is 245. The van der Waals surface area contributed by atoms with E-state index in [0.717, 1.165) is 13.2 Å². The lowest BCUT2D eigenvalue weighted by Crippen LogP contribution is -2.74. The van der Waals surface area contributed by atoms with Gasteiger partial charge in [0.25, 0.3) is 8.32 Å². The van der Waals surface area contributed by atoms with Gasteiger partial charge in [-0.15, -0.1) is 6.58 Å². The maximum Gasteiger partial charge on any atom is 0.460 e. The van der Waals surface area contributed by atoms with E-state index in [0.29, 0.717) is 0 Å². The van der Waals surface area contributed by atoms with Crippen LogP contribution in [0.15, 0.2) is 30.9 Å². The topological polar surface area (TPSA) is 38.7 Å². The molecule has 21 heteroatoms. The Kier molecular flexibility index (Phi) is 12.4. The first-order chi connectivity index (χ1) is 21.2. The lowest BCUT2D eigenvalue weighted by Gasteiger charge is -2.44. The summed E-state index contributed by atoms with van der Waals surface area (Å²) in [5, 5.41) is 10.3. The van der Waals surface area contributed by atoms with Crippen LogP contribution in [0.4, 0.5) is 74.6 Å². The highest BCUT2D eigenvalue weighted by atomic mass is 28.4. The second kappa shape index (κ2) is 13.7. The number of hydrogen-bond acceptors (Lipinski definition) is 3. The van der Waals surface area contributed by atoms with Gasteiger partial charge in [0.1, 0.15) is 5.75 Å². The first kappa shape index (κ1) is 43.6. The Morgan fingerprint density at radius 3 is 1.48 bits per heavy atom. The molecule has 1 aromatic carbocycles. The summed E-state index contributed by atoms with van der Waals surface area (Å²) in [6.07, 6.45) is -10.3. The number of methoxy groups -OCH3 is 1. The molecule has 0 unspecified atom stereocenters. The van der Waals surface area contributed by atoms with Crippen LogP contribution in [-0.2, 0) is 0 Å². The minimum atomic E-state index is -8.68. The van der Waals surface area contributed by atoms with Gasteiger partial charge in [-0.05, 0) is 41.2 Å². The lowest BCUT2D eigenvalue weighted by molar-refractivity contribution is -0.461. The van der Waals surface area contributed by atoms with E-state index < -0.39 is 85.6 Å². The molecule has 0 amide bonds. The van der Waals surface area contributed by atoms with Gasteiger partial charge < -0.3 is 14.3 Å². The van der Waals surface area contributed by atoms with Crippen molar-refractivity contribution >= 4 is 8.32 Å². The average molecular weight is 755 g/mol. The maximum atomic E-state index is 14.9. The van der Waals surface area contributed by atoms with Gasteiger partial charge in [0.05, 0.1) is 13.2 Å². The second-order valence-electron chi connectivity index (χ2n) is 11.5. The molecule has 0 bridgehead atoms. The predicted octanol–water partition coefficient (Wildman–Crippen LogP) is 10.8. The van der Waals surface area contributed by atoms with Crippen LogP contribution in [0.3, 0.4) is 0 Å². The standard InChI is InChI=1S/C27H31F17O3Si/c1-7-8-17(45)16-9-10-18(46-6)19(13-16)47-48(14(2)3,15(4)5)12-11-20(28,29)21(30,31)22(32,33)23(34,35)24(36,37)25(38,39)26(40,41)27(42,43)44/h7,9-10,13-15,17,45H,1,8,11-12H2,2-6H3/t17-/m1/s1. The molecule has 48 heavy (non-hydrogen) atoms. The molecule has 0 aromatic heterocycles. The van der Waals surface area contributed by atoms with Crippen LogP contribution >= 0.6 is 0 Å². The van der Waals surface area contributed by atoms with Gasteiger partial charge in [0.2, 0.25) is 0 Å². The summed E-state index contributed by atoms with van der Waals surface area (Å²) >= 11 is 0. The van der Waals surface area contributed by atoms with Gasteiger partial charge in [-0.1, -0.05) is 39.8 Å². The molecule has 0 spiro atoms. The van der Waals surface area contributed by atoms with E-state index in [-0.39, 0.29) is 23.5 Å². The molecule has 1 N–H and O–H groups in total. The van der Waals surface area contributed by atoms with Crippen molar-refractivity contribution in [3.8, 4) is 11.5 Å². The molecule has 0 fully saturated rings. The van der Waals surface area contributed by atoms with Crippen molar-refractivity contribution in [2.24, 2.45) is 0 Å². The lowest BCUT2D eigenvalue weighted by atomic mass is 9.88. The Bertz CT molecular complexity index is 1250. The fraction of sp³-hybridized carbons (Fsp3) is 0.704. The Morgan fingerprint density at radius 1 is 0.688 bits per heavy atom. The van der Waals surface area contributed by atoms with Crippen molar-refractivity contribution < 1.29 is 88.9 Å². The third-order valence-electron chi connectivity index (χ3n) is 7.83. The van der Waals surface area contributed by atoms with E-state index >= 15 is 0 Å². The van der Waals surface area contributed by atoms with E-state index in [2.05, 4.69) is 6.58 Å². The summed E-state index contributed by atoms with van der Waals surface area (Å²) in [6.45, 7) is 8.65. The van der Waals surface area contributed by atoms with E-state index in [9.17, 15) is 79.7 Å². The van der Waals surface area contributed by atoms with Crippen LogP contribution in [0.5, 0.6) is 11.5 Å². The number of halogens is 17. The molecule has 0 radical (unpaired) electrons. The zero-order valence-electron chi connectivity index (χ0n) is 25.6. The van der Waals surface area contributed by atoms with Gasteiger partial charge in [-0.2, -0.15) is 74.6 Å². The minimum Gasteiger partial charge on any atom is -0.540 e. The Balaban J connectivity index is 3.71. The number of aliphatic hydroxyl groups is 1. The SMILES string of the molecule is C=CC[C@@H](O)c1ccc(OC)c(O[Si](CCC(F)(F)C(F)(F)C(F)(F)C(F)(F)C(F)(F)C(F)(F)C(F)(F)C(F)(F)F)(C(C)C)C(C)C)c1. The number of benzene rings is 1. The van der Waals surface area contributed by atoms with Gasteiger partial charge in [0.15, 0.2) is 5.75 Å². The number of rotatable bonds is 17. The number of alkyl halides is 17. The summed E-state index contributed by atoms with van der Waals surface area (Å²) in [5.74, 6) is -57.2. The highest BCUT2D eigenvalue weighted by Gasteiger charge is 2.95. The molecule has 0 aliphatic carbocycles. The van der Waals surface area contributed by atoms with Crippen LogP contribution in [0.25, 0.3) is 0 Å². The summed E-state index contributed by atoms with van der Waals surface area (Å²) in [6, 6.07) is 2.36. The highest BCUT2D eigenvalue weighted by molar-refractivity contribution is 6.77. The largest absolute Gasteiger partial charge is 0.540 e.